The van der Waals surface area contributed by atoms with Crippen molar-refractivity contribution in [2.75, 3.05) is 26.1 Å². The van der Waals surface area contributed by atoms with Crippen molar-refractivity contribution in [2.24, 2.45) is 0 Å². The molecule has 0 heterocycles. The van der Waals surface area contributed by atoms with Crippen LogP contribution in [0.4, 0.5) is 5.69 Å². The number of hydrogen-bond donors (Lipinski definition) is 2. The van der Waals surface area contributed by atoms with Crippen molar-refractivity contribution in [1.82, 2.24) is 5.32 Å². The molecule has 0 fully saturated rings. The maximum absolute atomic E-state index is 12.1. The molecule has 2 rings (SSSR count). The van der Waals surface area contributed by atoms with E-state index >= 15 is 0 Å². The van der Waals surface area contributed by atoms with Gasteiger partial charge in [-0.05, 0) is 17.7 Å². The van der Waals surface area contributed by atoms with Gasteiger partial charge in [-0.25, -0.2) is 0 Å². The van der Waals surface area contributed by atoms with Gasteiger partial charge in [-0.3, -0.25) is 9.59 Å². The predicted octanol–water partition coefficient (Wildman–Crippen LogP) is 3.31. The van der Waals surface area contributed by atoms with Crippen molar-refractivity contribution in [3.8, 4) is 11.5 Å². The van der Waals surface area contributed by atoms with E-state index in [4.69, 9.17) is 32.7 Å². The van der Waals surface area contributed by atoms with Crippen molar-refractivity contribution < 1.29 is 19.1 Å². The fourth-order valence-electron chi connectivity index (χ4n) is 2.18. The van der Waals surface area contributed by atoms with E-state index in [-0.39, 0.29) is 18.9 Å². The number of nitrogens with one attached hydrogen (secondary N) is 2. The Morgan fingerprint density at radius 1 is 0.962 bits per heavy atom. The van der Waals surface area contributed by atoms with E-state index in [1.807, 2.05) is 0 Å². The molecule has 2 aromatic carbocycles. The van der Waals surface area contributed by atoms with Crippen LogP contribution in [0.25, 0.3) is 0 Å². The van der Waals surface area contributed by atoms with Crippen molar-refractivity contribution >= 4 is 40.7 Å². The molecule has 0 saturated carbocycles. The monoisotopic (exact) mass is 396 g/mol. The second kappa shape index (κ2) is 9.31. The van der Waals surface area contributed by atoms with Gasteiger partial charge in [-0.1, -0.05) is 35.3 Å². The van der Waals surface area contributed by atoms with Gasteiger partial charge in [0, 0.05) is 17.2 Å². The van der Waals surface area contributed by atoms with E-state index in [2.05, 4.69) is 10.6 Å². The molecule has 8 heteroatoms. The number of rotatable bonds is 7. The fourth-order valence-corrected chi connectivity index (χ4v) is 2.54. The molecule has 0 aliphatic heterocycles. The minimum absolute atomic E-state index is 0.155. The number of amides is 2. The molecule has 26 heavy (non-hydrogen) atoms. The maximum Gasteiger partial charge on any atom is 0.243 e. The summed E-state index contributed by atoms with van der Waals surface area (Å²) in [5.41, 5.74) is 1.20. The number of ether oxygens (including phenoxy) is 2. The van der Waals surface area contributed by atoms with Crippen LogP contribution in [0.5, 0.6) is 11.5 Å². The van der Waals surface area contributed by atoms with E-state index in [0.29, 0.717) is 27.2 Å². The topological polar surface area (TPSA) is 76.7 Å². The number of hydrogen-bond acceptors (Lipinski definition) is 4. The molecule has 0 unspecified atom stereocenters. The van der Waals surface area contributed by atoms with E-state index in [0.717, 1.165) is 5.56 Å². The Labute approximate surface area is 161 Å². The van der Waals surface area contributed by atoms with Gasteiger partial charge in [0.1, 0.15) is 11.5 Å². The number of methoxy groups -OCH3 is 2. The number of anilines is 1. The summed E-state index contributed by atoms with van der Waals surface area (Å²) in [4.78, 5) is 24.0. The maximum atomic E-state index is 12.1. The lowest BCUT2D eigenvalue weighted by Gasteiger charge is -2.13. The molecular weight excluding hydrogens is 379 g/mol. The normalized spacial score (nSPS) is 10.2. The number of benzene rings is 2. The molecule has 2 N–H and O–H groups in total. The first-order valence-corrected chi connectivity index (χ1v) is 8.41. The zero-order valence-corrected chi connectivity index (χ0v) is 15.8. The van der Waals surface area contributed by atoms with E-state index < -0.39 is 5.91 Å². The Bertz CT molecular complexity index is 795. The third kappa shape index (κ3) is 5.54. The second-order valence-electron chi connectivity index (χ2n) is 5.32. The van der Waals surface area contributed by atoms with Crippen molar-refractivity contribution in [3.63, 3.8) is 0 Å². The summed E-state index contributed by atoms with van der Waals surface area (Å²) < 4.78 is 10.3. The molecule has 2 amide bonds. The summed E-state index contributed by atoms with van der Waals surface area (Å²) in [5, 5.41) is 6.17. The van der Waals surface area contributed by atoms with Crippen LogP contribution in [0.3, 0.4) is 0 Å². The highest BCUT2D eigenvalue weighted by atomic mass is 35.5. The van der Waals surface area contributed by atoms with Gasteiger partial charge in [-0.2, -0.15) is 0 Å². The Kier molecular flexibility index (Phi) is 7.12. The number of halogens is 2. The molecule has 0 atom stereocenters. The Morgan fingerprint density at radius 2 is 1.62 bits per heavy atom. The lowest BCUT2D eigenvalue weighted by molar-refractivity contribution is -0.123. The standard InChI is InChI=1S/C18H18Cl2N2O4/c1-25-15-9-14(16(26-2)8-13(15)20)22-18(24)10-21-17(23)7-11-3-5-12(19)6-4-11/h3-6,8-9H,7,10H2,1-2H3,(H,21,23)(H,22,24). The van der Waals surface area contributed by atoms with Crippen LogP contribution in [-0.2, 0) is 16.0 Å². The quantitative estimate of drug-likeness (QED) is 0.752. The van der Waals surface area contributed by atoms with E-state index in [1.54, 1.807) is 30.3 Å². The minimum Gasteiger partial charge on any atom is -0.495 e. The zero-order valence-electron chi connectivity index (χ0n) is 14.3. The molecule has 138 valence electrons. The van der Waals surface area contributed by atoms with Gasteiger partial charge in [0.05, 0.1) is 37.9 Å². The average Bonchev–Trinajstić information content (AvgIpc) is 2.63. The van der Waals surface area contributed by atoms with Crippen molar-refractivity contribution in [1.29, 1.82) is 0 Å². The summed E-state index contributed by atoms with van der Waals surface area (Å²) in [6.07, 6.45) is 0.155. The van der Waals surface area contributed by atoms with Gasteiger partial charge in [0.2, 0.25) is 11.8 Å². The van der Waals surface area contributed by atoms with E-state index in [1.165, 1.54) is 20.3 Å². The van der Waals surface area contributed by atoms with Gasteiger partial charge < -0.3 is 20.1 Å². The molecule has 0 spiro atoms. The lowest BCUT2D eigenvalue weighted by atomic mass is 10.1. The van der Waals surface area contributed by atoms with Crippen LogP contribution in [0.1, 0.15) is 5.56 Å². The highest BCUT2D eigenvalue weighted by Gasteiger charge is 2.13. The fraction of sp³-hybridized carbons (Fsp3) is 0.222. The zero-order chi connectivity index (χ0) is 19.1. The molecule has 0 aromatic heterocycles. The Morgan fingerprint density at radius 3 is 2.23 bits per heavy atom. The summed E-state index contributed by atoms with van der Waals surface area (Å²) in [5.74, 6) is 0.103. The molecule has 0 saturated heterocycles. The highest BCUT2D eigenvalue weighted by molar-refractivity contribution is 6.32. The molecule has 0 aliphatic rings. The third-order valence-electron chi connectivity index (χ3n) is 3.47. The average molecular weight is 397 g/mol. The van der Waals surface area contributed by atoms with Crippen LogP contribution in [0, 0.1) is 0 Å². The van der Waals surface area contributed by atoms with Crippen LogP contribution in [-0.4, -0.2) is 32.6 Å². The molecule has 6 nitrogen and oxygen atoms in total. The predicted molar refractivity (Wildman–Crippen MR) is 101 cm³/mol. The van der Waals surface area contributed by atoms with Crippen LogP contribution in [0.15, 0.2) is 36.4 Å². The minimum atomic E-state index is -0.405. The van der Waals surface area contributed by atoms with Crippen LogP contribution < -0.4 is 20.1 Å². The van der Waals surface area contributed by atoms with Crippen LogP contribution in [0.2, 0.25) is 10.0 Å². The molecule has 0 radical (unpaired) electrons. The summed E-state index contributed by atoms with van der Waals surface area (Å²) in [6.45, 7) is -0.180. The van der Waals surface area contributed by atoms with Gasteiger partial charge >= 0.3 is 0 Å². The summed E-state index contributed by atoms with van der Waals surface area (Å²) in [6, 6.07) is 10.0. The second-order valence-corrected chi connectivity index (χ2v) is 6.16. The number of carbonyl (C=O) groups is 2. The Balaban J connectivity index is 1.92. The molecule has 0 aliphatic carbocycles. The van der Waals surface area contributed by atoms with Gasteiger partial charge in [0.15, 0.2) is 0 Å². The summed E-state index contributed by atoms with van der Waals surface area (Å²) in [7, 11) is 2.93. The van der Waals surface area contributed by atoms with Crippen LogP contribution >= 0.6 is 23.2 Å². The first kappa shape index (κ1) is 19.9. The smallest absolute Gasteiger partial charge is 0.243 e. The SMILES string of the molecule is COc1cc(NC(=O)CNC(=O)Cc2ccc(Cl)cc2)c(OC)cc1Cl. The van der Waals surface area contributed by atoms with Crippen molar-refractivity contribution in [2.45, 2.75) is 6.42 Å². The third-order valence-corrected chi connectivity index (χ3v) is 4.02. The molecule has 2 aromatic rings. The van der Waals surface area contributed by atoms with E-state index in [9.17, 15) is 9.59 Å². The lowest BCUT2D eigenvalue weighted by Crippen LogP contribution is -2.33. The Hall–Kier alpha value is -2.44. The van der Waals surface area contributed by atoms with Gasteiger partial charge in [-0.15, -0.1) is 0 Å². The van der Waals surface area contributed by atoms with Crippen molar-refractivity contribution in [3.05, 3.63) is 52.0 Å². The largest absolute Gasteiger partial charge is 0.495 e. The van der Waals surface area contributed by atoms with Gasteiger partial charge in [0.25, 0.3) is 0 Å². The first-order chi connectivity index (χ1) is 12.4. The molecular formula is C18H18Cl2N2O4. The first-order valence-electron chi connectivity index (χ1n) is 7.65. The summed E-state index contributed by atoms with van der Waals surface area (Å²) >= 11 is 11.8. The highest BCUT2D eigenvalue weighted by Crippen LogP contribution is 2.35. The molecule has 0 bridgehead atoms. The number of carbonyl (C=O) groups excluding carboxylic acids is 2.